The van der Waals surface area contributed by atoms with Gasteiger partial charge in [-0.1, -0.05) is 79.1 Å². The van der Waals surface area contributed by atoms with E-state index in [2.05, 4.69) is 27.7 Å². The average molecular weight is 198 g/mol. The molecule has 0 aliphatic heterocycles. The highest BCUT2D eigenvalue weighted by atomic mass is 14.1. The van der Waals surface area contributed by atoms with Crippen LogP contribution in [0, 0.1) is 11.8 Å². The van der Waals surface area contributed by atoms with Gasteiger partial charge in [0.05, 0.1) is 0 Å². The van der Waals surface area contributed by atoms with Crippen molar-refractivity contribution in [3.8, 4) is 0 Å². The molecule has 0 aromatic carbocycles. The Morgan fingerprint density at radius 2 is 1.64 bits per heavy atom. The molecule has 1 aliphatic carbocycles. The number of hydrogen-bond acceptors (Lipinski definition) is 0. The first kappa shape index (κ1) is 14.0. The molecule has 0 nitrogen and oxygen atoms in total. The van der Waals surface area contributed by atoms with Crippen LogP contribution in [0.25, 0.3) is 0 Å². The monoisotopic (exact) mass is 198 g/mol. The van der Waals surface area contributed by atoms with E-state index in [9.17, 15) is 0 Å². The fourth-order valence-corrected chi connectivity index (χ4v) is 1.92. The van der Waals surface area contributed by atoms with E-state index in [0.717, 1.165) is 11.8 Å². The quantitative estimate of drug-likeness (QED) is 0.568. The van der Waals surface area contributed by atoms with Gasteiger partial charge in [-0.05, 0) is 11.8 Å². The van der Waals surface area contributed by atoms with Crippen molar-refractivity contribution >= 4 is 0 Å². The zero-order chi connectivity index (χ0) is 10.8. The molecule has 0 saturated heterocycles. The second kappa shape index (κ2) is 9.55. The molecule has 1 saturated carbocycles. The van der Waals surface area contributed by atoms with Gasteiger partial charge < -0.3 is 0 Å². The van der Waals surface area contributed by atoms with E-state index in [1.165, 1.54) is 51.4 Å². The van der Waals surface area contributed by atoms with Crippen molar-refractivity contribution in [1.82, 2.24) is 0 Å². The molecule has 0 atom stereocenters. The first-order valence-corrected chi connectivity index (χ1v) is 6.66. The molecule has 0 bridgehead atoms. The van der Waals surface area contributed by atoms with Crippen molar-refractivity contribution in [2.75, 3.05) is 0 Å². The van der Waals surface area contributed by atoms with Crippen molar-refractivity contribution in [3.63, 3.8) is 0 Å². The summed E-state index contributed by atoms with van der Waals surface area (Å²) in [6, 6.07) is 0. The van der Waals surface area contributed by atoms with Gasteiger partial charge in [0.1, 0.15) is 0 Å². The summed E-state index contributed by atoms with van der Waals surface area (Å²) in [6.45, 7) is 9.15. The fourth-order valence-electron chi connectivity index (χ4n) is 1.92. The van der Waals surface area contributed by atoms with Gasteiger partial charge in [-0.25, -0.2) is 0 Å². The Morgan fingerprint density at radius 1 is 1.07 bits per heavy atom. The van der Waals surface area contributed by atoms with E-state index < -0.39 is 0 Å². The Kier molecular flexibility index (Phi) is 9.55. The van der Waals surface area contributed by atoms with Crippen molar-refractivity contribution in [3.05, 3.63) is 0 Å². The van der Waals surface area contributed by atoms with Crippen LogP contribution in [0.5, 0.6) is 0 Å². The molecule has 1 fully saturated rings. The van der Waals surface area contributed by atoms with Crippen LogP contribution in [0.1, 0.15) is 79.1 Å². The molecule has 0 unspecified atom stereocenters. The smallest absolute Gasteiger partial charge is 0.0443 e. The molecular formula is C14H30. The van der Waals surface area contributed by atoms with Gasteiger partial charge >= 0.3 is 0 Å². The normalized spacial score (nSPS) is 17.8. The second-order valence-electron chi connectivity index (χ2n) is 5.28. The highest BCUT2D eigenvalue weighted by molar-refractivity contribution is 4.59. The summed E-state index contributed by atoms with van der Waals surface area (Å²) in [4.78, 5) is 0. The molecule has 0 aromatic heterocycles. The maximum absolute atomic E-state index is 2.36. The van der Waals surface area contributed by atoms with Gasteiger partial charge in [0.2, 0.25) is 0 Å². The highest BCUT2D eigenvalue weighted by Gasteiger charge is 2.05. The highest BCUT2D eigenvalue weighted by Crippen LogP contribution is 2.22. The first-order valence-electron chi connectivity index (χ1n) is 6.66. The minimum absolute atomic E-state index is 0.903. The van der Waals surface area contributed by atoms with Gasteiger partial charge in [0, 0.05) is 0 Å². The van der Waals surface area contributed by atoms with Crippen LogP contribution < -0.4 is 0 Å². The van der Waals surface area contributed by atoms with E-state index in [1.807, 2.05) is 0 Å². The maximum atomic E-state index is 2.36. The lowest BCUT2D eigenvalue weighted by Gasteiger charge is -2.15. The van der Waals surface area contributed by atoms with Crippen molar-refractivity contribution < 1.29 is 0 Å². The lowest BCUT2D eigenvalue weighted by molar-refractivity contribution is 0.385. The van der Waals surface area contributed by atoms with Crippen LogP contribution in [-0.4, -0.2) is 0 Å². The third kappa shape index (κ3) is 10.1. The molecule has 1 aliphatic rings. The Labute approximate surface area is 91.5 Å². The lowest BCUT2D eigenvalue weighted by atomic mass is 9.91. The molecule has 86 valence electrons. The third-order valence-corrected chi connectivity index (χ3v) is 3.03. The topological polar surface area (TPSA) is 0 Å². The predicted octanol–water partition coefficient (Wildman–Crippen LogP) is 5.42. The second-order valence-corrected chi connectivity index (χ2v) is 5.28. The minimum Gasteiger partial charge on any atom is -0.0654 e. The predicted molar refractivity (Wildman–Crippen MR) is 66.6 cm³/mol. The molecule has 0 aromatic rings. The molecule has 14 heavy (non-hydrogen) atoms. The van der Waals surface area contributed by atoms with Crippen LogP contribution in [0.2, 0.25) is 0 Å². The van der Waals surface area contributed by atoms with Crippen LogP contribution in [-0.2, 0) is 0 Å². The summed E-state index contributed by atoms with van der Waals surface area (Å²) in [7, 11) is 0. The SMILES string of the molecule is CC1CCCCC1.CCCCC(C)C. The van der Waals surface area contributed by atoms with Crippen molar-refractivity contribution in [2.45, 2.75) is 79.1 Å². The van der Waals surface area contributed by atoms with Crippen molar-refractivity contribution in [1.29, 1.82) is 0 Å². The van der Waals surface area contributed by atoms with E-state index in [4.69, 9.17) is 0 Å². The fraction of sp³-hybridized carbons (Fsp3) is 1.00. The standard InChI is InChI=1S/C7H14.C7H16/c1-7-5-3-2-4-6-7;1-4-5-6-7(2)3/h7H,2-6H2,1H3;7H,4-6H2,1-3H3. The molecule has 0 N–H and O–H groups in total. The Hall–Kier alpha value is 0. The summed E-state index contributed by atoms with van der Waals surface area (Å²) in [5.41, 5.74) is 0. The Balaban J connectivity index is 0.000000241. The summed E-state index contributed by atoms with van der Waals surface area (Å²) in [5, 5.41) is 0. The zero-order valence-corrected chi connectivity index (χ0v) is 10.8. The molecule has 0 heterocycles. The minimum atomic E-state index is 0.903. The van der Waals surface area contributed by atoms with Crippen LogP contribution in [0.4, 0.5) is 0 Å². The lowest BCUT2D eigenvalue weighted by Crippen LogP contribution is -1.99. The van der Waals surface area contributed by atoms with Crippen LogP contribution in [0.3, 0.4) is 0 Å². The van der Waals surface area contributed by atoms with Gasteiger partial charge in [0.15, 0.2) is 0 Å². The maximum Gasteiger partial charge on any atom is -0.0443 e. The Morgan fingerprint density at radius 3 is 1.86 bits per heavy atom. The van der Waals surface area contributed by atoms with E-state index in [1.54, 1.807) is 0 Å². The van der Waals surface area contributed by atoms with E-state index in [-0.39, 0.29) is 0 Å². The summed E-state index contributed by atoms with van der Waals surface area (Å²) < 4.78 is 0. The molecular weight excluding hydrogens is 168 g/mol. The number of unbranched alkanes of at least 4 members (excludes halogenated alkanes) is 1. The van der Waals surface area contributed by atoms with Crippen molar-refractivity contribution in [2.24, 2.45) is 11.8 Å². The number of rotatable bonds is 3. The van der Waals surface area contributed by atoms with Crippen LogP contribution >= 0.6 is 0 Å². The van der Waals surface area contributed by atoms with E-state index >= 15 is 0 Å². The van der Waals surface area contributed by atoms with Gasteiger partial charge in [-0.15, -0.1) is 0 Å². The molecule has 0 heteroatoms. The summed E-state index contributed by atoms with van der Waals surface area (Å²) in [6.07, 6.45) is 11.6. The van der Waals surface area contributed by atoms with Gasteiger partial charge in [-0.3, -0.25) is 0 Å². The molecule has 0 amide bonds. The van der Waals surface area contributed by atoms with Crippen LogP contribution in [0.15, 0.2) is 0 Å². The summed E-state index contributed by atoms with van der Waals surface area (Å²) >= 11 is 0. The molecule has 1 rings (SSSR count). The zero-order valence-electron chi connectivity index (χ0n) is 10.8. The first-order chi connectivity index (χ1) is 6.66. The Bertz CT molecular complexity index is 98.6. The average Bonchev–Trinajstić information content (AvgIpc) is 2.17. The molecule has 0 spiro atoms. The number of hydrogen-bond donors (Lipinski definition) is 0. The van der Waals surface area contributed by atoms with Gasteiger partial charge in [0.25, 0.3) is 0 Å². The third-order valence-electron chi connectivity index (χ3n) is 3.03. The summed E-state index contributed by atoms with van der Waals surface area (Å²) in [5.74, 6) is 1.94. The van der Waals surface area contributed by atoms with E-state index in [0.29, 0.717) is 0 Å². The molecule has 0 radical (unpaired) electrons. The van der Waals surface area contributed by atoms with Gasteiger partial charge in [-0.2, -0.15) is 0 Å². The largest absolute Gasteiger partial charge is 0.0654 e.